The second kappa shape index (κ2) is 8.59. The highest BCUT2D eigenvalue weighted by molar-refractivity contribution is 7.98. The fourth-order valence-corrected chi connectivity index (χ4v) is 4.93. The van der Waals surface area contributed by atoms with Crippen LogP contribution in [0.3, 0.4) is 0 Å². The average molecular weight is 433 g/mol. The van der Waals surface area contributed by atoms with Crippen LogP contribution in [0.15, 0.2) is 71.0 Å². The molecule has 158 valence electrons. The zero-order chi connectivity index (χ0) is 21.2. The van der Waals surface area contributed by atoms with Crippen molar-refractivity contribution in [3.63, 3.8) is 0 Å². The number of hydrogen-bond donors (Lipinski definition) is 1. The minimum Gasteiger partial charge on any atom is -0.494 e. The van der Waals surface area contributed by atoms with E-state index in [1.807, 2.05) is 54.1 Å². The minimum atomic E-state index is -0.270. The van der Waals surface area contributed by atoms with Crippen molar-refractivity contribution in [2.24, 2.45) is 0 Å². The molecule has 1 unspecified atom stereocenters. The van der Waals surface area contributed by atoms with Crippen LogP contribution in [0.5, 0.6) is 5.75 Å². The lowest BCUT2D eigenvalue weighted by atomic mass is 9.85. The SMILES string of the molecule is CCOc1ccc(C2C3=C(CCCC3=O)Nc3nc(SCc4ccccc4)nn32)cc1. The van der Waals surface area contributed by atoms with Gasteiger partial charge in [-0.15, -0.1) is 5.10 Å². The van der Waals surface area contributed by atoms with E-state index in [9.17, 15) is 4.79 Å². The van der Waals surface area contributed by atoms with Gasteiger partial charge in [-0.05, 0) is 43.0 Å². The molecule has 0 saturated carbocycles. The van der Waals surface area contributed by atoms with Crippen molar-refractivity contribution in [3.8, 4) is 5.75 Å². The largest absolute Gasteiger partial charge is 0.494 e. The molecular formula is C24H24N4O2S. The van der Waals surface area contributed by atoms with Crippen LogP contribution in [0, 0.1) is 0 Å². The summed E-state index contributed by atoms with van der Waals surface area (Å²) in [6.45, 7) is 2.59. The number of ether oxygens (including phenoxy) is 1. The normalized spacial score (nSPS) is 17.7. The molecule has 1 aromatic heterocycles. The van der Waals surface area contributed by atoms with E-state index in [0.717, 1.165) is 41.2 Å². The first kappa shape index (κ1) is 19.9. The van der Waals surface area contributed by atoms with Crippen LogP contribution in [-0.4, -0.2) is 27.2 Å². The molecule has 0 spiro atoms. The van der Waals surface area contributed by atoms with Crippen LogP contribution >= 0.6 is 11.8 Å². The lowest BCUT2D eigenvalue weighted by Gasteiger charge is -2.32. The van der Waals surface area contributed by atoms with Gasteiger partial charge in [0.15, 0.2) is 5.78 Å². The van der Waals surface area contributed by atoms with Gasteiger partial charge in [-0.25, -0.2) is 4.68 Å². The number of thioether (sulfide) groups is 1. The maximum atomic E-state index is 12.9. The van der Waals surface area contributed by atoms with Crippen molar-refractivity contribution < 1.29 is 9.53 Å². The van der Waals surface area contributed by atoms with Crippen LogP contribution in [0.4, 0.5) is 5.95 Å². The molecule has 31 heavy (non-hydrogen) atoms. The van der Waals surface area contributed by atoms with Crippen LogP contribution in [0.2, 0.25) is 0 Å². The Labute approximate surface area is 185 Å². The second-order valence-corrected chi connectivity index (χ2v) is 8.58. The Bertz CT molecular complexity index is 1120. The number of aromatic nitrogens is 3. The molecule has 1 atom stereocenters. The van der Waals surface area contributed by atoms with Gasteiger partial charge in [0.2, 0.25) is 11.1 Å². The van der Waals surface area contributed by atoms with Gasteiger partial charge >= 0.3 is 0 Å². The van der Waals surface area contributed by atoms with E-state index in [2.05, 4.69) is 17.4 Å². The first-order valence-electron chi connectivity index (χ1n) is 10.6. The summed E-state index contributed by atoms with van der Waals surface area (Å²) in [4.78, 5) is 17.7. The van der Waals surface area contributed by atoms with E-state index >= 15 is 0 Å². The Balaban J connectivity index is 1.49. The van der Waals surface area contributed by atoms with Crippen molar-refractivity contribution in [1.82, 2.24) is 14.8 Å². The summed E-state index contributed by atoms with van der Waals surface area (Å²) >= 11 is 1.60. The second-order valence-electron chi connectivity index (χ2n) is 7.64. The third-order valence-corrected chi connectivity index (χ3v) is 6.48. The zero-order valence-corrected chi connectivity index (χ0v) is 18.2. The van der Waals surface area contributed by atoms with Gasteiger partial charge in [-0.2, -0.15) is 4.98 Å². The molecule has 2 aromatic carbocycles. The number of fused-ring (bicyclic) bond motifs is 1. The monoisotopic (exact) mass is 432 g/mol. The molecular weight excluding hydrogens is 408 g/mol. The minimum absolute atomic E-state index is 0.187. The predicted molar refractivity (Wildman–Crippen MR) is 121 cm³/mol. The van der Waals surface area contributed by atoms with E-state index in [1.54, 1.807) is 11.8 Å². The quantitative estimate of drug-likeness (QED) is 0.554. The van der Waals surface area contributed by atoms with E-state index in [1.165, 1.54) is 5.56 Å². The van der Waals surface area contributed by atoms with Crippen LogP contribution in [-0.2, 0) is 10.5 Å². The van der Waals surface area contributed by atoms with Crippen molar-refractivity contribution in [2.45, 2.75) is 43.1 Å². The van der Waals surface area contributed by atoms with Gasteiger partial charge in [0.25, 0.3) is 0 Å². The molecule has 1 aliphatic carbocycles. The molecule has 0 bridgehead atoms. The molecule has 0 fully saturated rings. The number of nitrogens with one attached hydrogen (secondary N) is 1. The predicted octanol–water partition coefficient (Wildman–Crippen LogP) is 4.99. The van der Waals surface area contributed by atoms with Crippen LogP contribution in [0.1, 0.15) is 43.4 Å². The Morgan fingerprint density at radius 1 is 1.13 bits per heavy atom. The summed E-state index contributed by atoms with van der Waals surface area (Å²) in [7, 11) is 0. The van der Waals surface area contributed by atoms with Crippen LogP contribution in [0.25, 0.3) is 0 Å². The molecule has 3 aromatic rings. The first-order valence-corrected chi connectivity index (χ1v) is 11.6. The molecule has 5 rings (SSSR count). The Morgan fingerprint density at radius 2 is 1.94 bits per heavy atom. The maximum Gasteiger partial charge on any atom is 0.227 e. The highest BCUT2D eigenvalue weighted by atomic mass is 32.2. The number of carbonyl (C=O) groups excluding carboxylic acids is 1. The zero-order valence-electron chi connectivity index (χ0n) is 17.4. The Hall–Kier alpha value is -3.06. The summed E-state index contributed by atoms with van der Waals surface area (Å²) < 4.78 is 7.46. The fourth-order valence-electron chi connectivity index (χ4n) is 4.14. The van der Waals surface area contributed by atoms with Crippen molar-refractivity contribution in [3.05, 3.63) is 77.0 Å². The molecule has 0 radical (unpaired) electrons. The summed E-state index contributed by atoms with van der Waals surface area (Å²) in [5, 5.41) is 8.89. The molecule has 2 heterocycles. The maximum absolute atomic E-state index is 12.9. The Morgan fingerprint density at radius 3 is 2.71 bits per heavy atom. The molecule has 0 amide bonds. The number of anilines is 1. The van der Waals surface area contributed by atoms with Gasteiger partial charge in [-0.1, -0.05) is 54.2 Å². The molecule has 1 aliphatic heterocycles. The topological polar surface area (TPSA) is 69.0 Å². The van der Waals surface area contributed by atoms with Crippen molar-refractivity contribution in [1.29, 1.82) is 0 Å². The molecule has 1 N–H and O–H groups in total. The number of benzene rings is 2. The van der Waals surface area contributed by atoms with E-state index in [0.29, 0.717) is 24.1 Å². The number of nitrogens with zero attached hydrogens (tertiary/aromatic N) is 3. The third kappa shape index (κ3) is 3.97. The van der Waals surface area contributed by atoms with Crippen LogP contribution < -0.4 is 10.1 Å². The first-order chi connectivity index (χ1) is 15.2. The number of Topliss-reactive ketones (excluding diaryl/α,β-unsaturated/α-hetero) is 1. The summed E-state index contributed by atoms with van der Waals surface area (Å²) in [5.41, 5.74) is 4.03. The molecule has 7 heteroatoms. The van der Waals surface area contributed by atoms with Gasteiger partial charge in [-0.3, -0.25) is 4.79 Å². The third-order valence-electron chi connectivity index (χ3n) is 5.57. The lowest BCUT2D eigenvalue weighted by molar-refractivity contribution is -0.116. The average Bonchev–Trinajstić information content (AvgIpc) is 3.21. The van der Waals surface area contributed by atoms with Gasteiger partial charge < -0.3 is 10.1 Å². The van der Waals surface area contributed by atoms with Gasteiger partial charge in [0.05, 0.1) is 6.61 Å². The summed E-state index contributed by atoms with van der Waals surface area (Å²) in [6, 6.07) is 18.0. The highest BCUT2D eigenvalue weighted by Crippen LogP contribution is 2.41. The highest BCUT2D eigenvalue weighted by Gasteiger charge is 2.36. The number of allylic oxidation sites excluding steroid dienone is 2. The Kier molecular flexibility index (Phi) is 5.51. The molecule has 0 saturated heterocycles. The standard InChI is InChI=1S/C24H24N4O2S/c1-2-30-18-13-11-17(12-14-18)22-21-19(9-6-10-20(21)29)25-23-26-24(27-28(22)23)31-15-16-7-4-3-5-8-16/h3-5,7-8,11-14,22H,2,6,9-10,15H2,1H3,(H,25,26,27). The smallest absolute Gasteiger partial charge is 0.227 e. The van der Waals surface area contributed by atoms with Gasteiger partial charge in [0, 0.05) is 23.4 Å². The van der Waals surface area contributed by atoms with Gasteiger partial charge in [0.1, 0.15) is 11.8 Å². The van der Waals surface area contributed by atoms with E-state index in [-0.39, 0.29) is 11.8 Å². The number of hydrogen-bond acceptors (Lipinski definition) is 6. The van der Waals surface area contributed by atoms with Crippen molar-refractivity contribution >= 4 is 23.5 Å². The van der Waals surface area contributed by atoms with Crippen molar-refractivity contribution in [2.75, 3.05) is 11.9 Å². The summed E-state index contributed by atoms with van der Waals surface area (Å²) in [6.07, 6.45) is 2.30. The fraction of sp³-hybridized carbons (Fsp3) is 0.292. The lowest BCUT2D eigenvalue weighted by Crippen LogP contribution is -2.31. The molecule has 2 aliphatic rings. The van der Waals surface area contributed by atoms with E-state index < -0.39 is 0 Å². The number of carbonyl (C=O) groups is 1. The number of ketones is 1. The van der Waals surface area contributed by atoms with E-state index in [4.69, 9.17) is 14.8 Å². The summed E-state index contributed by atoms with van der Waals surface area (Å²) in [5.74, 6) is 2.50. The molecule has 6 nitrogen and oxygen atoms in total. The number of rotatable bonds is 6.